The number of hydrogen-bond donors (Lipinski definition) is 1. The molecule has 0 amide bonds. The first-order valence-corrected chi connectivity index (χ1v) is 9.33. The molecule has 152 valence electrons. The number of methoxy groups -OCH3 is 1. The molecule has 0 aliphatic carbocycles. The minimum atomic E-state index is -0.374. The number of nitrogens with two attached hydrogens (primary N) is 1. The molecule has 0 unspecified atom stereocenters. The fourth-order valence-corrected chi connectivity index (χ4v) is 3.03. The summed E-state index contributed by atoms with van der Waals surface area (Å²) in [5.74, 6) is 1.47. The number of aromatic nitrogens is 2. The monoisotopic (exact) mass is 405 g/mol. The molecule has 0 aliphatic heterocycles. The molecule has 0 spiro atoms. The van der Waals surface area contributed by atoms with E-state index in [0.717, 1.165) is 22.4 Å². The molecule has 6 nitrogen and oxygen atoms in total. The zero-order valence-electron chi connectivity index (χ0n) is 16.3. The van der Waals surface area contributed by atoms with Gasteiger partial charge in [0, 0.05) is 24.8 Å². The third kappa shape index (κ3) is 4.41. The fourth-order valence-electron chi connectivity index (χ4n) is 3.03. The molecule has 0 saturated heterocycles. The molecule has 2 N–H and O–H groups in total. The molecule has 2 heterocycles. The average Bonchev–Trinajstić information content (AvgIpc) is 3.22. The number of rotatable bonds is 7. The molecule has 30 heavy (non-hydrogen) atoms. The van der Waals surface area contributed by atoms with Gasteiger partial charge < -0.3 is 19.7 Å². The Morgan fingerprint density at radius 2 is 1.80 bits per heavy atom. The quantitative estimate of drug-likeness (QED) is 0.482. The molecule has 2 aromatic carbocycles. The SMILES string of the molecule is COc1ccc(F)cc1OCc1ccc(Cc2cc(-c3cccnc3N)on2)cc1. The van der Waals surface area contributed by atoms with Gasteiger partial charge >= 0.3 is 0 Å². The van der Waals surface area contributed by atoms with Crippen LogP contribution in [0.25, 0.3) is 11.3 Å². The topological polar surface area (TPSA) is 83.4 Å². The van der Waals surface area contributed by atoms with E-state index < -0.39 is 0 Å². The summed E-state index contributed by atoms with van der Waals surface area (Å²) in [6, 6.07) is 17.6. The van der Waals surface area contributed by atoms with Crippen molar-refractivity contribution in [3.63, 3.8) is 0 Å². The Morgan fingerprint density at radius 3 is 2.57 bits per heavy atom. The molecular weight excluding hydrogens is 385 g/mol. The van der Waals surface area contributed by atoms with E-state index in [0.29, 0.717) is 36.1 Å². The number of hydrogen-bond acceptors (Lipinski definition) is 6. The highest BCUT2D eigenvalue weighted by Crippen LogP contribution is 2.28. The zero-order valence-corrected chi connectivity index (χ0v) is 16.3. The number of ether oxygens (including phenoxy) is 2. The molecule has 0 radical (unpaired) electrons. The van der Waals surface area contributed by atoms with Crippen LogP contribution in [0.5, 0.6) is 11.5 Å². The molecule has 0 bridgehead atoms. The first kappa shape index (κ1) is 19.4. The lowest BCUT2D eigenvalue weighted by Crippen LogP contribution is -1.98. The van der Waals surface area contributed by atoms with E-state index in [-0.39, 0.29) is 5.82 Å². The van der Waals surface area contributed by atoms with Crippen LogP contribution in [0, 0.1) is 5.82 Å². The molecule has 2 aromatic heterocycles. The predicted octanol–water partition coefficient (Wildman–Crippen LogP) is 4.64. The molecule has 0 atom stereocenters. The standard InChI is InChI=1S/C23H20FN3O3/c1-28-20-9-8-17(24)12-22(20)29-14-16-6-4-15(5-7-16)11-18-13-21(30-27-18)19-3-2-10-26-23(19)25/h2-10,12-13H,11,14H2,1H3,(H2,25,26). The van der Waals surface area contributed by atoms with E-state index in [1.165, 1.54) is 19.2 Å². The number of nitrogen functional groups attached to an aromatic ring is 1. The second kappa shape index (κ2) is 8.65. The van der Waals surface area contributed by atoms with Gasteiger partial charge in [0.15, 0.2) is 17.3 Å². The molecule has 0 saturated carbocycles. The van der Waals surface area contributed by atoms with Crippen molar-refractivity contribution in [2.24, 2.45) is 0 Å². The average molecular weight is 405 g/mol. The summed E-state index contributed by atoms with van der Waals surface area (Å²) in [4.78, 5) is 4.06. The lowest BCUT2D eigenvalue weighted by Gasteiger charge is -2.11. The van der Waals surface area contributed by atoms with Crippen molar-refractivity contribution in [3.8, 4) is 22.8 Å². The molecule has 4 aromatic rings. The normalized spacial score (nSPS) is 10.7. The van der Waals surface area contributed by atoms with Crippen LogP contribution >= 0.6 is 0 Å². The maximum atomic E-state index is 13.4. The second-order valence-corrected chi connectivity index (χ2v) is 6.70. The van der Waals surface area contributed by atoms with Gasteiger partial charge in [0.1, 0.15) is 18.2 Å². The summed E-state index contributed by atoms with van der Waals surface area (Å²) in [5.41, 5.74) is 9.42. The van der Waals surface area contributed by atoms with Crippen molar-refractivity contribution >= 4 is 5.82 Å². The summed E-state index contributed by atoms with van der Waals surface area (Å²) in [6.45, 7) is 0.300. The number of nitrogens with zero attached hydrogens (tertiary/aromatic N) is 2. The van der Waals surface area contributed by atoms with Gasteiger partial charge in [-0.1, -0.05) is 29.4 Å². The Balaban J connectivity index is 1.40. The summed E-state index contributed by atoms with van der Waals surface area (Å²) in [7, 11) is 1.52. The van der Waals surface area contributed by atoms with Crippen LogP contribution < -0.4 is 15.2 Å². The highest BCUT2D eigenvalue weighted by molar-refractivity contribution is 5.69. The molecule has 7 heteroatoms. The van der Waals surface area contributed by atoms with Crippen LogP contribution in [0.15, 0.2) is 71.4 Å². The van der Waals surface area contributed by atoms with Crippen LogP contribution in [0.1, 0.15) is 16.8 Å². The first-order chi connectivity index (χ1) is 14.6. The number of halogens is 1. The van der Waals surface area contributed by atoms with Crippen LogP contribution in [0.4, 0.5) is 10.2 Å². The Labute approximate surface area is 173 Å². The van der Waals surface area contributed by atoms with Crippen molar-refractivity contribution in [2.45, 2.75) is 13.0 Å². The van der Waals surface area contributed by atoms with Crippen molar-refractivity contribution in [1.29, 1.82) is 0 Å². The van der Waals surface area contributed by atoms with Crippen LogP contribution in [-0.2, 0) is 13.0 Å². The van der Waals surface area contributed by atoms with E-state index >= 15 is 0 Å². The van der Waals surface area contributed by atoms with E-state index in [4.69, 9.17) is 19.7 Å². The highest BCUT2D eigenvalue weighted by atomic mass is 19.1. The van der Waals surface area contributed by atoms with Crippen molar-refractivity contribution < 1.29 is 18.4 Å². The van der Waals surface area contributed by atoms with Gasteiger partial charge in [-0.25, -0.2) is 9.37 Å². The fraction of sp³-hybridized carbons (Fsp3) is 0.130. The van der Waals surface area contributed by atoms with Gasteiger partial charge in [-0.05, 0) is 35.4 Å². The lowest BCUT2D eigenvalue weighted by atomic mass is 10.1. The van der Waals surface area contributed by atoms with Crippen LogP contribution in [0.2, 0.25) is 0 Å². The van der Waals surface area contributed by atoms with Gasteiger partial charge in [0.2, 0.25) is 0 Å². The predicted molar refractivity (Wildman–Crippen MR) is 111 cm³/mol. The van der Waals surface area contributed by atoms with Crippen LogP contribution in [0.3, 0.4) is 0 Å². The second-order valence-electron chi connectivity index (χ2n) is 6.70. The summed E-state index contributed by atoms with van der Waals surface area (Å²) >= 11 is 0. The Hall–Kier alpha value is -3.87. The van der Waals surface area contributed by atoms with E-state index in [1.807, 2.05) is 36.4 Å². The van der Waals surface area contributed by atoms with Crippen molar-refractivity contribution in [2.75, 3.05) is 12.8 Å². The molecule has 0 aliphatic rings. The van der Waals surface area contributed by atoms with Gasteiger partial charge in [0.05, 0.1) is 18.4 Å². The summed E-state index contributed by atoms with van der Waals surface area (Å²) in [5, 5.41) is 4.12. The van der Waals surface area contributed by atoms with Gasteiger partial charge in [-0.15, -0.1) is 0 Å². The summed E-state index contributed by atoms with van der Waals surface area (Å²) in [6.07, 6.45) is 2.24. The van der Waals surface area contributed by atoms with E-state index in [1.54, 1.807) is 18.3 Å². The Morgan fingerprint density at radius 1 is 1.00 bits per heavy atom. The molecule has 0 fully saturated rings. The number of anilines is 1. The van der Waals surface area contributed by atoms with E-state index in [2.05, 4.69) is 10.1 Å². The van der Waals surface area contributed by atoms with Crippen molar-refractivity contribution in [1.82, 2.24) is 10.1 Å². The highest BCUT2D eigenvalue weighted by Gasteiger charge is 2.11. The third-order valence-corrected chi connectivity index (χ3v) is 4.59. The maximum Gasteiger partial charge on any atom is 0.170 e. The summed E-state index contributed by atoms with van der Waals surface area (Å²) < 4.78 is 29.8. The minimum Gasteiger partial charge on any atom is -0.493 e. The van der Waals surface area contributed by atoms with Gasteiger partial charge in [0.25, 0.3) is 0 Å². The maximum absolute atomic E-state index is 13.4. The molecule has 4 rings (SSSR count). The Bertz CT molecular complexity index is 1140. The number of benzene rings is 2. The third-order valence-electron chi connectivity index (χ3n) is 4.59. The first-order valence-electron chi connectivity index (χ1n) is 9.33. The smallest absolute Gasteiger partial charge is 0.170 e. The van der Waals surface area contributed by atoms with Gasteiger partial charge in [-0.3, -0.25) is 0 Å². The van der Waals surface area contributed by atoms with Gasteiger partial charge in [-0.2, -0.15) is 0 Å². The van der Waals surface area contributed by atoms with Crippen LogP contribution in [-0.4, -0.2) is 17.3 Å². The van der Waals surface area contributed by atoms with E-state index in [9.17, 15) is 4.39 Å². The van der Waals surface area contributed by atoms with Crippen molar-refractivity contribution in [3.05, 3.63) is 89.5 Å². The largest absolute Gasteiger partial charge is 0.493 e. The minimum absolute atomic E-state index is 0.300. The number of pyridine rings is 1. The Kier molecular flexibility index (Phi) is 5.61. The molecular formula is C23H20FN3O3. The lowest BCUT2D eigenvalue weighted by molar-refractivity contribution is 0.283. The zero-order chi connectivity index (χ0) is 20.9.